The zero-order valence-electron chi connectivity index (χ0n) is 15.0. The van der Waals surface area contributed by atoms with Gasteiger partial charge < -0.3 is 19.0 Å². The van der Waals surface area contributed by atoms with Crippen molar-refractivity contribution in [3.8, 4) is 0 Å². The van der Waals surface area contributed by atoms with Crippen LogP contribution in [0.5, 0.6) is 0 Å². The number of nitrogens with zero attached hydrogens (tertiary/aromatic N) is 1. The standard InChI is InChI=1S/C20H20N2O4/c1-11-8-14(12(2)26-11)19(23)22-7-6-18-16(10-22)15-9-13(20(24)25-3)4-5-17(15)21-18/h4-5,8-9,21H,6-7,10H2,1-3H3. The van der Waals surface area contributed by atoms with E-state index in [2.05, 4.69) is 4.98 Å². The second-order valence-corrected chi connectivity index (χ2v) is 6.64. The van der Waals surface area contributed by atoms with Crippen molar-refractivity contribution < 1.29 is 18.7 Å². The first kappa shape index (κ1) is 16.4. The lowest BCUT2D eigenvalue weighted by molar-refractivity contribution is 0.0600. The van der Waals surface area contributed by atoms with E-state index < -0.39 is 0 Å². The van der Waals surface area contributed by atoms with Gasteiger partial charge in [0.15, 0.2) is 0 Å². The van der Waals surface area contributed by atoms with Crippen LogP contribution in [0.3, 0.4) is 0 Å². The fraction of sp³-hybridized carbons (Fsp3) is 0.300. The summed E-state index contributed by atoms with van der Waals surface area (Å²) in [6, 6.07) is 7.25. The van der Waals surface area contributed by atoms with Crippen molar-refractivity contribution in [1.82, 2.24) is 9.88 Å². The van der Waals surface area contributed by atoms with Gasteiger partial charge in [0.2, 0.25) is 0 Å². The number of rotatable bonds is 2. The lowest BCUT2D eigenvalue weighted by Crippen LogP contribution is -2.35. The van der Waals surface area contributed by atoms with E-state index in [9.17, 15) is 9.59 Å². The molecule has 3 aromatic rings. The molecular formula is C20H20N2O4. The molecule has 0 radical (unpaired) electrons. The van der Waals surface area contributed by atoms with Crippen molar-refractivity contribution >= 4 is 22.8 Å². The topological polar surface area (TPSA) is 75.5 Å². The maximum atomic E-state index is 12.9. The number of esters is 1. The number of hydrogen-bond donors (Lipinski definition) is 1. The van der Waals surface area contributed by atoms with Gasteiger partial charge in [-0.05, 0) is 38.1 Å². The number of amides is 1. The zero-order valence-corrected chi connectivity index (χ0v) is 15.0. The fourth-order valence-electron chi connectivity index (χ4n) is 3.65. The van der Waals surface area contributed by atoms with Crippen LogP contribution in [0.25, 0.3) is 10.9 Å². The Balaban J connectivity index is 1.70. The molecule has 1 N–H and O–H groups in total. The summed E-state index contributed by atoms with van der Waals surface area (Å²) in [7, 11) is 1.37. The fourth-order valence-corrected chi connectivity index (χ4v) is 3.65. The molecule has 0 spiro atoms. The predicted molar refractivity (Wildman–Crippen MR) is 96.3 cm³/mol. The van der Waals surface area contributed by atoms with Crippen LogP contribution in [-0.2, 0) is 17.7 Å². The molecule has 26 heavy (non-hydrogen) atoms. The minimum absolute atomic E-state index is 0.0246. The molecule has 1 aliphatic heterocycles. The summed E-state index contributed by atoms with van der Waals surface area (Å²) in [6.45, 7) is 4.80. The Bertz CT molecular complexity index is 1030. The molecule has 0 bridgehead atoms. The third-order valence-corrected chi connectivity index (χ3v) is 4.95. The van der Waals surface area contributed by atoms with Gasteiger partial charge >= 0.3 is 5.97 Å². The number of hydrogen-bond acceptors (Lipinski definition) is 4. The lowest BCUT2D eigenvalue weighted by atomic mass is 10.0. The minimum Gasteiger partial charge on any atom is -0.466 e. The van der Waals surface area contributed by atoms with Crippen molar-refractivity contribution in [1.29, 1.82) is 0 Å². The van der Waals surface area contributed by atoms with Gasteiger partial charge in [0.25, 0.3) is 5.91 Å². The van der Waals surface area contributed by atoms with E-state index in [0.717, 1.165) is 34.3 Å². The molecule has 1 aliphatic rings. The number of benzene rings is 1. The molecular weight excluding hydrogens is 332 g/mol. The van der Waals surface area contributed by atoms with E-state index in [4.69, 9.17) is 9.15 Å². The van der Waals surface area contributed by atoms with Crippen LogP contribution in [0.15, 0.2) is 28.7 Å². The number of furan rings is 1. The van der Waals surface area contributed by atoms with Gasteiger partial charge in [-0.15, -0.1) is 0 Å². The summed E-state index contributed by atoms with van der Waals surface area (Å²) in [5.41, 5.74) is 4.26. The molecule has 4 rings (SSSR count). The third kappa shape index (κ3) is 2.58. The van der Waals surface area contributed by atoms with E-state index >= 15 is 0 Å². The molecule has 0 saturated carbocycles. The third-order valence-electron chi connectivity index (χ3n) is 4.95. The Hall–Kier alpha value is -3.02. The summed E-state index contributed by atoms with van der Waals surface area (Å²) in [4.78, 5) is 30.0. The summed E-state index contributed by atoms with van der Waals surface area (Å²) in [5.74, 6) is 0.988. The van der Waals surface area contributed by atoms with Gasteiger partial charge in [0.05, 0.1) is 18.2 Å². The number of H-pyrrole nitrogens is 1. The molecule has 1 aromatic carbocycles. The summed E-state index contributed by atoms with van der Waals surface area (Å²) < 4.78 is 10.3. The predicted octanol–water partition coefficient (Wildman–Crippen LogP) is 3.36. The highest BCUT2D eigenvalue weighted by atomic mass is 16.5. The maximum Gasteiger partial charge on any atom is 0.337 e. The quantitative estimate of drug-likeness (QED) is 0.718. The first-order valence-corrected chi connectivity index (χ1v) is 8.56. The molecule has 0 saturated heterocycles. The molecule has 0 fully saturated rings. The molecule has 2 aromatic heterocycles. The Morgan fingerprint density at radius 2 is 2.04 bits per heavy atom. The highest BCUT2D eigenvalue weighted by molar-refractivity contribution is 5.98. The van der Waals surface area contributed by atoms with E-state index in [-0.39, 0.29) is 11.9 Å². The van der Waals surface area contributed by atoms with Crippen molar-refractivity contribution in [3.05, 3.63) is 58.2 Å². The van der Waals surface area contributed by atoms with Crippen molar-refractivity contribution in [2.45, 2.75) is 26.8 Å². The normalized spacial score (nSPS) is 13.7. The van der Waals surface area contributed by atoms with Crippen LogP contribution >= 0.6 is 0 Å². The largest absolute Gasteiger partial charge is 0.466 e. The number of carbonyl (C=O) groups is 2. The number of fused-ring (bicyclic) bond motifs is 3. The molecule has 1 amide bonds. The first-order chi connectivity index (χ1) is 12.5. The van der Waals surface area contributed by atoms with Gasteiger partial charge in [-0.2, -0.15) is 0 Å². The van der Waals surface area contributed by atoms with Crippen LogP contribution in [0.4, 0.5) is 0 Å². The SMILES string of the molecule is COC(=O)c1ccc2[nH]c3c(c2c1)CN(C(=O)c1cc(C)oc1C)CC3. The number of carbonyl (C=O) groups excluding carboxylic acids is 2. The minimum atomic E-state index is -0.366. The Labute approximate surface area is 150 Å². The van der Waals surface area contributed by atoms with Crippen LogP contribution in [0.1, 0.15) is 43.5 Å². The highest BCUT2D eigenvalue weighted by Gasteiger charge is 2.27. The molecule has 0 atom stereocenters. The van der Waals surface area contributed by atoms with Crippen LogP contribution in [-0.4, -0.2) is 35.4 Å². The first-order valence-electron chi connectivity index (χ1n) is 8.56. The lowest BCUT2D eigenvalue weighted by Gasteiger charge is -2.27. The average Bonchev–Trinajstić information content (AvgIpc) is 3.18. The number of nitrogens with one attached hydrogen (secondary N) is 1. The van der Waals surface area contributed by atoms with E-state index in [1.54, 1.807) is 12.1 Å². The van der Waals surface area contributed by atoms with Gasteiger partial charge in [0, 0.05) is 41.7 Å². The molecule has 0 unspecified atom stereocenters. The zero-order chi connectivity index (χ0) is 18.4. The van der Waals surface area contributed by atoms with Gasteiger partial charge in [-0.25, -0.2) is 4.79 Å². The number of aromatic nitrogens is 1. The molecule has 134 valence electrons. The molecule has 0 aliphatic carbocycles. The Morgan fingerprint density at radius 1 is 1.23 bits per heavy atom. The van der Waals surface area contributed by atoms with Gasteiger partial charge in [-0.3, -0.25) is 4.79 Å². The van der Waals surface area contributed by atoms with Crippen LogP contribution < -0.4 is 0 Å². The number of aromatic amines is 1. The van der Waals surface area contributed by atoms with Crippen molar-refractivity contribution in [2.75, 3.05) is 13.7 Å². The molecule has 3 heterocycles. The number of methoxy groups -OCH3 is 1. The van der Waals surface area contributed by atoms with E-state index in [1.165, 1.54) is 7.11 Å². The average molecular weight is 352 g/mol. The van der Waals surface area contributed by atoms with Gasteiger partial charge in [-0.1, -0.05) is 0 Å². The maximum absolute atomic E-state index is 12.9. The monoisotopic (exact) mass is 352 g/mol. The van der Waals surface area contributed by atoms with Crippen LogP contribution in [0, 0.1) is 13.8 Å². The Morgan fingerprint density at radius 3 is 2.73 bits per heavy atom. The number of aryl methyl sites for hydroxylation is 2. The second-order valence-electron chi connectivity index (χ2n) is 6.64. The summed E-state index contributed by atoms with van der Waals surface area (Å²) in [5, 5.41) is 0.959. The van der Waals surface area contributed by atoms with E-state index in [1.807, 2.05) is 30.9 Å². The van der Waals surface area contributed by atoms with Crippen LogP contribution in [0.2, 0.25) is 0 Å². The van der Waals surface area contributed by atoms with Crippen molar-refractivity contribution in [3.63, 3.8) is 0 Å². The molecule has 6 nitrogen and oxygen atoms in total. The van der Waals surface area contributed by atoms with Gasteiger partial charge in [0.1, 0.15) is 11.5 Å². The summed E-state index contributed by atoms with van der Waals surface area (Å²) >= 11 is 0. The Kier molecular flexibility index (Phi) is 3.83. The molecule has 6 heteroatoms. The van der Waals surface area contributed by atoms with E-state index in [0.29, 0.717) is 30.0 Å². The second kappa shape index (κ2) is 6.05. The highest BCUT2D eigenvalue weighted by Crippen LogP contribution is 2.30. The smallest absolute Gasteiger partial charge is 0.337 e. The summed E-state index contributed by atoms with van der Waals surface area (Å²) in [6.07, 6.45) is 0.749. The number of ether oxygens (including phenoxy) is 1. The van der Waals surface area contributed by atoms with Crippen molar-refractivity contribution in [2.24, 2.45) is 0 Å².